The van der Waals surface area contributed by atoms with Crippen LogP contribution in [-0.4, -0.2) is 54.1 Å². The van der Waals surface area contributed by atoms with Gasteiger partial charge in [0.25, 0.3) is 10.0 Å². The topological polar surface area (TPSA) is 108 Å². The number of benzene rings is 1. The molecule has 1 unspecified atom stereocenters. The van der Waals surface area contributed by atoms with E-state index >= 15 is 0 Å². The van der Waals surface area contributed by atoms with Crippen molar-refractivity contribution in [2.75, 3.05) is 25.6 Å². The lowest BCUT2D eigenvalue weighted by Gasteiger charge is -2.24. The molecule has 0 saturated carbocycles. The fraction of sp³-hybridized carbons (Fsp3) is 0.667. The second kappa shape index (κ2) is 9.08. The molecule has 1 aromatic rings. The Morgan fingerprint density at radius 2 is 1.96 bits per heavy atom. The molecule has 0 spiro atoms. The van der Waals surface area contributed by atoms with E-state index in [1.54, 1.807) is 37.9 Å². The largest absolute Gasteiger partial charge is 0.491 e. The molecule has 1 heterocycles. The summed E-state index contributed by atoms with van der Waals surface area (Å²) in [5.74, 6) is 0.0293. The highest BCUT2D eigenvalue weighted by Crippen LogP contribution is 2.23. The summed E-state index contributed by atoms with van der Waals surface area (Å²) in [5, 5.41) is 0. The van der Waals surface area contributed by atoms with Crippen molar-refractivity contribution in [3.8, 4) is 5.75 Å². The van der Waals surface area contributed by atoms with E-state index in [-0.39, 0.29) is 11.0 Å². The molecular formula is C18H29NO7S2. The Labute approximate surface area is 167 Å². The zero-order valence-corrected chi connectivity index (χ0v) is 18.4. The van der Waals surface area contributed by atoms with Gasteiger partial charge in [0.1, 0.15) is 12.4 Å². The highest BCUT2D eigenvalue weighted by Gasteiger charge is 2.31. The molecule has 1 aliphatic rings. The molecule has 0 aromatic heterocycles. The van der Waals surface area contributed by atoms with E-state index in [9.17, 15) is 16.8 Å². The number of sulfonamides is 2. The van der Waals surface area contributed by atoms with Crippen LogP contribution in [0.1, 0.15) is 39.2 Å². The van der Waals surface area contributed by atoms with E-state index in [0.29, 0.717) is 24.5 Å². The minimum absolute atomic E-state index is 0.0456. The summed E-state index contributed by atoms with van der Waals surface area (Å²) in [6.07, 6.45) is 1.99. The predicted molar refractivity (Wildman–Crippen MR) is 105 cm³/mol. The highest BCUT2D eigenvalue weighted by atomic mass is 32.3. The quantitative estimate of drug-likeness (QED) is 0.599. The smallest absolute Gasteiger partial charge is 0.253 e. The number of nitrogens with one attached hydrogen (secondary N) is 1. The highest BCUT2D eigenvalue weighted by molar-refractivity contribution is 8.04. The summed E-state index contributed by atoms with van der Waals surface area (Å²) >= 11 is 0. The van der Waals surface area contributed by atoms with Crippen LogP contribution in [0.5, 0.6) is 5.75 Å². The maximum Gasteiger partial charge on any atom is 0.253 e. The molecule has 0 bridgehead atoms. The Morgan fingerprint density at radius 1 is 1.25 bits per heavy atom. The fourth-order valence-corrected chi connectivity index (χ4v) is 6.77. The molecule has 28 heavy (non-hydrogen) atoms. The maximum absolute atomic E-state index is 12.6. The van der Waals surface area contributed by atoms with Crippen molar-refractivity contribution in [2.45, 2.75) is 57.1 Å². The fourth-order valence-electron chi connectivity index (χ4n) is 3.11. The van der Waals surface area contributed by atoms with Crippen LogP contribution >= 0.6 is 0 Å². The summed E-state index contributed by atoms with van der Waals surface area (Å²) < 4.78 is 68.2. The Balaban J connectivity index is 2.09. The Kier molecular flexibility index (Phi) is 7.49. The first-order valence-electron chi connectivity index (χ1n) is 9.19. The Morgan fingerprint density at radius 3 is 2.54 bits per heavy atom. The van der Waals surface area contributed by atoms with Crippen molar-refractivity contribution in [3.05, 3.63) is 23.8 Å². The molecule has 1 aromatic carbocycles. The normalized spacial score (nSPS) is 18.4. The van der Waals surface area contributed by atoms with Gasteiger partial charge in [0.2, 0.25) is 10.0 Å². The van der Waals surface area contributed by atoms with Crippen LogP contribution in [0.25, 0.3) is 0 Å². The Hall–Kier alpha value is -1.20. The van der Waals surface area contributed by atoms with Gasteiger partial charge < -0.3 is 14.2 Å². The van der Waals surface area contributed by atoms with E-state index in [1.807, 2.05) is 0 Å². The third-order valence-corrected chi connectivity index (χ3v) is 8.21. The molecule has 1 N–H and O–H groups in total. The van der Waals surface area contributed by atoms with Gasteiger partial charge in [-0.1, -0.05) is 0 Å². The Bertz CT molecular complexity index is 873. The zero-order valence-electron chi connectivity index (χ0n) is 16.7. The lowest BCUT2D eigenvalue weighted by molar-refractivity contribution is 0.00791. The summed E-state index contributed by atoms with van der Waals surface area (Å²) in [7, 11) is -8.38. The van der Waals surface area contributed by atoms with Crippen LogP contribution in [0.2, 0.25) is 0 Å². The molecule has 1 aliphatic heterocycles. The van der Waals surface area contributed by atoms with Crippen LogP contribution in [0.4, 0.5) is 0 Å². The average molecular weight is 436 g/mol. The van der Waals surface area contributed by atoms with Gasteiger partial charge in [0, 0.05) is 13.2 Å². The molecular weight excluding hydrogens is 406 g/mol. The van der Waals surface area contributed by atoms with Crippen LogP contribution in [0.15, 0.2) is 23.1 Å². The van der Waals surface area contributed by atoms with Crippen molar-refractivity contribution >= 4 is 20.0 Å². The second-order valence-electron chi connectivity index (χ2n) is 7.41. The molecule has 1 fully saturated rings. The van der Waals surface area contributed by atoms with Crippen molar-refractivity contribution < 1.29 is 31.0 Å². The minimum Gasteiger partial charge on any atom is -0.491 e. The standard InChI is InChI=1S/C18H29NO7S2/c1-5-26-18(3,4)13-27(20,21)19-28(22,23)17-9-8-15(11-14(17)2)25-12-16-7-6-10-24-16/h8-9,11,16,19H,5-7,10,12-13H2,1-4H3. The first kappa shape index (κ1) is 23.1. The van der Waals surface area contributed by atoms with E-state index in [2.05, 4.69) is 0 Å². The number of ether oxygens (including phenoxy) is 3. The van der Waals surface area contributed by atoms with Crippen LogP contribution in [0.3, 0.4) is 0 Å². The van der Waals surface area contributed by atoms with Gasteiger partial charge in [-0.3, -0.25) is 0 Å². The average Bonchev–Trinajstić information content (AvgIpc) is 3.03. The van der Waals surface area contributed by atoms with Crippen LogP contribution < -0.4 is 8.86 Å². The van der Waals surface area contributed by atoms with Crippen molar-refractivity contribution in [1.29, 1.82) is 0 Å². The maximum atomic E-state index is 12.6. The molecule has 1 atom stereocenters. The number of rotatable bonds is 10. The molecule has 0 aliphatic carbocycles. The summed E-state index contributed by atoms with van der Waals surface area (Å²) in [4.78, 5) is -0.116. The van der Waals surface area contributed by atoms with Crippen LogP contribution in [0, 0.1) is 6.92 Å². The molecule has 2 rings (SSSR count). The third kappa shape index (κ3) is 6.70. The molecule has 0 radical (unpaired) electrons. The second-order valence-corrected chi connectivity index (χ2v) is 11.0. The summed E-state index contributed by atoms with van der Waals surface area (Å²) in [5.41, 5.74) is -0.623. The molecule has 1 saturated heterocycles. The molecule has 0 amide bonds. The minimum atomic E-state index is -4.26. The van der Waals surface area contributed by atoms with Crippen LogP contribution in [-0.2, 0) is 29.5 Å². The lowest BCUT2D eigenvalue weighted by atomic mass is 10.2. The predicted octanol–water partition coefficient (Wildman–Crippen LogP) is 1.98. The molecule has 8 nitrogen and oxygen atoms in total. The molecule has 160 valence electrons. The number of hydrogen-bond donors (Lipinski definition) is 1. The van der Waals surface area contributed by atoms with Gasteiger partial charge in [-0.15, -0.1) is 4.13 Å². The summed E-state index contributed by atoms with van der Waals surface area (Å²) in [6.45, 7) is 7.95. The van der Waals surface area contributed by atoms with Gasteiger partial charge >= 0.3 is 0 Å². The first-order valence-corrected chi connectivity index (χ1v) is 12.3. The van der Waals surface area contributed by atoms with Gasteiger partial charge in [-0.2, -0.15) is 0 Å². The van der Waals surface area contributed by atoms with Gasteiger partial charge in [0.15, 0.2) is 0 Å². The van der Waals surface area contributed by atoms with Gasteiger partial charge in [-0.05, 0) is 64.3 Å². The van der Waals surface area contributed by atoms with E-state index in [0.717, 1.165) is 19.4 Å². The summed E-state index contributed by atoms with van der Waals surface area (Å²) in [6, 6.07) is 4.42. The molecule has 10 heteroatoms. The van der Waals surface area contributed by atoms with E-state index < -0.39 is 31.4 Å². The van der Waals surface area contributed by atoms with Gasteiger partial charge in [0.05, 0.1) is 22.4 Å². The zero-order chi connectivity index (χ0) is 21.0. The van der Waals surface area contributed by atoms with Crippen molar-refractivity contribution in [2.24, 2.45) is 0 Å². The van der Waals surface area contributed by atoms with E-state index in [4.69, 9.17) is 14.2 Å². The number of hydrogen-bond acceptors (Lipinski definition) is 7. The monoisotopic (exact) mass is 435 g/mol. The van der Waals surface area contributed by atoms with Crippen molar-refractivity contribution in [1.82, 2.24) is 4.13 Å². The first-order chi connectivity index (χ1) is 12.9. The van der Waals surface area contributed by atoms with E-state index in [1.165, 1.54) is 12.1 Å². The number of aryl methyl sites for hydroxylation is 1. The lowest BCUT2D eigenvalue weighted by Crippen LogP contribution is -2.41. The van der Waals surface area contributed by atoms with Gasteiger partial charge in [-0.25, -0.2) is 16.8 Å². The SMILES string of the molecule is CCOC(C)(C)CS(=O)(=O)NS(=O)(=O)c1ccc(OCC2CCCO2)cc1C. The van der Waals surface area contributed by atoms with Crippen molar-refractivity contribution in [3.63, 3.8) is 0 Å². The third-order valence-electron chi connectivity index (χ3n) is 4.21.